The number of hydrogen-bond acceptors (Lipinski definition) is 5. The third-order valence-corrected chi connectivity index (χ3v) is 6.57. The Morgan fingerprint density at radius 2 is 2.07 bits per heavy atom. The number of rotatable bonds is 4. The summed E-state index contributed by atoms with van der Waals surface area (Å²) in [5.41, 5.74) is 7.48. The number of nitrogens with zero attached hydrogens (tertiary/aromatic N) is 3. The van der Waals surface area contributed by atoms with E-state index in [0.29, 0.717) is 41.4 Å². The molecule has 3 aliphatic carbocycles. The molecule has 1 aliphatic heterocycles. The third-order valence-electron chi connectivity index (χ3n) is 6.57. The second-order valence-corrected chi connectivity index (χ2v) is 8.69. The zero-order chi connectivity index (χ0) is 21.0. The van der Waals surface area contributed by atoms with Gasteiger partial charge in [0.1, 0.15) is 11.8 Å². The SMILES string of the molecule is N#Cc1ncc(C(=O)NC23CC(C2)C3)c(N2CC[C@H](N)C2)c1-c1ccc(F)c(F)c1. The Kier molecular flexibility index (Phi) is 4.26. The van der Waals surface area contributed by atoms with Gasteiger partial charge in [0.15, 0.2) is 11.6 Å². The number of nitriles is 1. The van der Waals surface area contributed by atoms with Crippen molar-refractivity contribution in [2.24, 2.45) is 11.7 Å². The number of nitrogens with one attached hydrogen (secondary N) is 1. The number of hydrogen-bond donors (Lipinski definition) is 2. The molecule has 1 aromatic carbocycles. The molecule has 1 amide bonds. The van der Waals surface area contributed by atoms with E-state index in [9.17, 15) is 18.8 Å². The van der Waals surface area contributed by atoms with Crippen molar-refractivity contribution in [1.82, 2.24) is 10.3 Å². The summed E-state index contributed by atoms with van der Waals surface area (Å²) < 4.78 is 27.6. The first-order chi connectivity index (χ1) is 14.4. The van der Waals surface area contributed by atoms with Crippen LogP contribution >= 0.6 is 0 Å². The van der Waals surface area contributed by atoms with Crippen molar-refractivity contribution >= 4 is 11.6 Å². The number of amides is 1. The van der Waals surface area contributed by atoms with Gasteiger partial charge < -0.3 is 16.0 Å². The molecule has 4 fully saturated rings. The number of halogens is 2. The number of nitrogens with two attached hydrogens (primary N) is 1. The first kappa shape index (κ1) is 18.9. The summed E-state index contributed by atoms with van der Waals surface area (Å²) in [7, 11) is 0. The van der Waals surface area contributed by atoms with E-state index in [0.717, 1.165) is 37.8 Å². The maximum absolute atomic E-state index is 14.0. The van der Waals surface area contributed by atoms with Crippen LogP contribution in [-0.2, 0) is 0 Å². The van der Waals surface area contributed by atoms with Gasteiger partial charge in [-0.05, 0) is 49.3 Å². The van der Waals surface area contributed by atoms with Crippen molar-refractivity contribution in [1.29, 1.82) is 5.26 Å². The van der Waals surface area contributed by atoms with Crippen molar-refractivity contribution in [3.05, 3.63) is 47.3 Å². The van der Waals surface area contributed by atoms with Crippen molar-refractivity contribution in [3.8, 4) is 17.2 Å². The molecule has 1 atom stereocenters. The van der Waals surface area contributed by atoms with E-state index in [2.05, 4.69) is 10.3 Å². The van der Waals surface area contributed by atoms with Gasteiger partial charge in [0.05, 0.1) is 11.3 Å². The number of carbonyl (C=O) groups excluding carboxylic acids is 1. The van der Waals surface area contributed by atoms with E-state index in [4.69, 9.17) is 5.73 Å². The van der Waals surface area contributed by atoms with Gasteiger partial charge in [-0.25, -0.2) is 13.8 Å². The molecule has 4 aliphatic rings. The summed E-state index contributed by atoms with van der Waals surface area (Å²) in [5.74, 6) is -1.56. The molecule has 1 aromatic heterocycles. The van der Waals surface area contributed by atoms with Crippen molar-refractivity contribution in [2.45, 2.75) is 37.3 Å². The molecule has 2 heterocycles. The topological polar surface area (TPSA) is 95.0 Å². The maximum Gasteiger partial charge on any atom is 0.255 e. The molecular weight excluding hydrogens is 388 g/mol. The summed E-state index contributed by atoms with van der Waals surface area (Å²) in [5, 5.41) is 12.8. The first-order valence-corrected chi connectivity index (χ1v) is 10.1. The fourth-order valence-electron chi connectivity index (χ4n) is 4.94. The molecular formula is C22H21F2N5O. The minimum absolute atomic E-state index is 0.0542. The number of carbonyl (C=O) groups is 1. The summed E-state index contributed by atoms with van der Waals surface area (Å²) in [6.07, 6.45) is 5.10. The molecule has 3 N–H and O–H groups in total. The van der Waals surface area contributed by atoms with Gasteiger partial charge in [-0.3, -0.25) is 4.79 Å². The Morgan fingerprint density at radius 3 is 2.63 bits per heavy atom. The quantitative estimate of drug-likeness (QED) is 0.810. The van der Waals surface area contributed by atoms with Crippen LogP contribution in [0.15, 0.2) is 24.4 Å². The van der Waals surface area contributed by atoms with E-state index in [1.54, 1.807) is 0 Å². The monoisotopic (exact) mass is 409 g/mol. The Balaban J connectivity index is 1.65. The highest BCUT2D eigenvalue weighted by atomic mass is 19.2. The van der Waals surface area contributed by atoms with Crippen LogP contribution in [0.25, 0.3) is 11.1 Å². The van der Waals surface area contributed by atoms with E-state index in [-0.39, 0.29) is 23.2 Å². The molecule has 3 saturated carbocycles. The number of benzene rings is 1. The molecule has 8 heteroatoms. The van der Waals surface area contributed by atoms with Crippen LogP contribution in [0.2, 0.25) is 0 Å². The van der Waals surface area contributed by atoms with Crippen LogP contribution in [-0.4, -0.2) is 35.6 Å². The molecule has 6 nitrogen and oxygen atoms in total. The van der Waals surface area contributed by atoms with Gasteiger partial charge in [0, 0.05) is 36.4 Å². The standard InChI is InChI=1S/C22H21F2N5O/c23-16-2-1-13(5-17(16)24)19-18(9-25)27-10-15(20(19)29-4-3-14(26)11-29)21(30)28-22-6-12(7-22)8-22/h1-2,5,10,12,14H,3-4,6-8,11,26H2,(H,28,30)/t12?,14-,22?/m0/s1. The molecule has 1 saturated heterocycles. The second-order valence-electron chi connectivity index (χ2n) is 8.69. The minimum atomic E-state index is -1.02. The average molecular weight is 409 g/mol. The van der Waals surface area contributed by atoms with Crippen molar-refractivity contribution in [2.75, 3.05) is 18.0 Å². The lowest BCUT2D eigenvalue weighted by Gasteiger charge is -2.61. The molecule has 0 unspecified atom stereocenters. The molecule has 2 bridgehead atoms. The van der Waals surface area contributed by atoms with Gasteiger partial charge in [0.25, 0.3) is 5.91 Å². The predicted molar refractivity (Wildman–Crippen MR) is 107 cm³/mol. The zero-order valence-electron chi connectivity index (χ0n) is 16.3. The smallest absolute Gasteiger partial charge is 0.255 e. The normalized spacial score (nSPS) is 26.5. The Labute approximate surface area is 172 Å². The van der Waals surface area contributed by atoms with Crippen LogP contribution in [0.5, 0.6) is 0 Å². The highest BCUT2D eigenvalue weighted by molar-refractivity contribution is 6.04. The van der Waals surface area contributed by atoms with Crippen molar-refractivity contribution < 1.29 is 13.6 Å². The van der Waals surface area contributed by atoms with Gasteiger partial charge in [-0.2, -0.15) is 5.26 Å². The van der Waals surface area contributed by atoms with Crippen LogP contribution in [0.1, 0.15) is 41.7 Å². The highest BCUT2D eigenvalue weighted by Gasteiger charge is 2.57. The number of pyridine rings is 1. The van der Waals surface area contributed by atoms with Crippen LogP contribution in [0.3, 0.4) is 0 Å². The minimum Gasteiger partial charge on any atom is -0.369 e. The summed E-state index contributed by atoms with van der Waals surface area (Å²) in [4.78, 5) is 19.3. The van der Waals surface area contributed by atoms with Crippen molar-refractivity contribution in [3.63, 3.8) is 0 Å². The summed E-state index contributed by atoms with van der Waals surface area (Å²) in [6.45, 7) is 1.10. The summed E-state index contributed by atoms with van der Waals surface area (Å²) >= 11 is 0. The molecule has 2 aromatic rings. The van der Waals surface area contributed by atoms with Crippen LogP contribution in [0.4, 0.5) is 14.5 Å². The summed E-state index contributed by atoms with van der Waals surface area (Å²) in [6, 6.07) is 5.41. The lowest BCUT2D eigenvalue weighted by molar-refractivity contribution is -0.0438. The maximum atomic E-state index is 14.0. The van der Waals surface area contributed by atoms with E-state index in [1.165, 1.54) is 12.3 Å². The molecule has 154 valence electrons. The van der Waals surface area contributed by atoms with Gasteiger partial charge in [-0.1, -0.05) is 6.07 Å². The molecule has 6 rings (SSSR count). The molecule has 30 heavy (non-hydrogen) atoms. The largest absolute Gasteiger partial charge is 0.369 e. The van der Waals surface area contributed by atoms with Crippen LogP contribution in [0, 0.1) is 28.9 Å². The highest BCUT2D eigenvalue weighted by Crippen LogP contribution is 2.57. The number of anilines is 1. The zero-order valence-corrected chi connectivity index (χ0v) is 16.3. The fraction of sp³-hybridized carbons (Fsp3) is 0.409. The lowest BCUT2D eigenvalue weighted by atomic mass is 9.50. The van der Waals surface area contributed by atoms with Gasteiger partial charge >= 0.3 is 0 Å². The average Bonchev–Trinajstić information content (AvgIpc) is 3.10. The predicted octanol–water partition coefficient (Wildman–Crippen LogP) is 2.72. The van der Waals surface area contributed by atoms with E-state index < -0.39 is 11.6 Å². The molecule has 0 radical (unpaired) electrons. The second kappa shape index (κ2) is 6.74. The number of aromatic nitrogens is 1. The molecule has 0 spiro atoms. The third kappa shape index (κ3) is 2.92. The lowest BCUT2D eigenvalue weighted by Crippen LogP contribution is -2.68. The van der Waals surface area contributed by atoms with Gasteiger partial charge in [-0.15, -0.1) is 0 Å². The Hall–Kier alpha value is -3.05. The fourth-order valence-corrected chi connectivity index (χ4v) is 4.94. The van der Waals surface area contributed by atoms with Gasteiger partial charge in [0.2, 0.25) is 0 Å². The van der Waals surface area contributed by atoms with Crippen LogP contribution < -0.4 is 16.0 Å². The Morgan fingerprint density at radius 1 is 1.30 bits per heavy atom. The van der Waals surface area contributed by atoms with E-state index >= 15 is 0 Å². The Bertz CT molecular complexity index is 1080. The first-order valence-electron chi connectivity index (χ1n) is 10.1. The van der Waals surface area contributed by atoms with E-state index in [1.807, 2.05) is 11.0 Å².